The number of benzene rings is 1. The van der Waals surface area contributed by atoms with Crippen molar-refractivity contribution in [3.05, 3.63) is 32.5 Å². The highest BCUT2D eigenvalue weighted by molar-refractivity contribution is 6.47. The number of rotatable bonds is 3. The molecule has 2 nitrogen and oxygen atoms in total. The van der Waals surface area contributed by atoms with Crippen molar-refractivity contribution in [2.24, 2.45) is 11.7 Å². The summed E-state index contributed by atoms with van der Waals surface area (Å²) >= 11 is 18.5. The summed E-state index contributed by atoms with van der Waals surface area (Å²) in [4.78, 5) is 0. The highest BCUT2D eigenvalue weighted by atomic mass is 35.5. The Kier molecular flexibility index (Phi) is 4.12. The van der Waals surface area contributed by atoms with Gasteiger partial charge in [0.25, 0.3) is 0 Å². The van der Waals surface area contributed by atoms with Crippen LogP contribution >= 0.6 is 34.8 Å². The van der Waals surface area contributed by atoms with E-state index in [1.54, 1.807) is 6.07 Å². The molecule has 1 heterocycles. The molecule has 1 aromatic heterocycles. The van der Waals surface area contributed by atoms with Crippen molar-refractivity contribution in [1.29, 1.82) is 0 Å². The molecule has 2 N–H and O–H groups in total. The number of hydrogen-bond donors (Lipinski definition) is 1. The minimum atomic E-state index is 0.320. The average molecular weight is 307 g/mol. The summed E-state index contributed by atoms with van der Waals surface area (Å²) in [5.74, 6) is 1.19. The van der Waals surface area contributed by atoms with Gasteiger partial charge in [-0.3, -0.25) is 0 Å². The molecule has 0 atom stereocenters. The Morgan fingerprint density at radius 2 is 1.89 bits per heavy atom. The number of halogens is 3. The molecule has 0 aliphatic carbocycles. The molecule has 0 saturated carbocycles. The Morgan fingerprint density at radius 1 is 1.22 bits per heavy atom. The zero-order valence-electron chi connectivity index (χ0n) is 10.2. The third-order valence-electron chi connectivity index (χ3n) is 2.79. The van der Waals surface area contributed by atoms with Crippen LogP contribution in [-0.2, 0) is 13.0 Å². The highest BCUT2D eigenvalue weighted by Crippen LogP contribution is 2.41. The summed E-state index contributed by atoms with van der Waals surface area (Å²) in [7, 11) is 0. The summed E-state index contributed by atoms with van der Waals surface area (Å²) in [6, 6.07) is 1.59. The normalized spacial score (nSPS) is 11.7. The van der Waals surface area contributed by atoms with Crippen LogP contribution in [0.4, 0.5) is 0 Å². The van der Waals surface area contributed by atoms with Gasteiger partial charge in [-0.25, -0.2) is 0 Å². The lowest BCUT2D eigenvalue weighted by Gasteiger charge is -2.06. The Labute approximate surface area is 121 Å². The molecule has 0 saturated heterocycles. The Balaban J connectivity index is 2.80. The fourth-order valence-electron chi connectivity index (χ4n) is 2.06. The first-order valence-corrected chi connectivity index (χ1v) is 6.86. The molecule has 0 radical (unpaired) electrons. The molecular weight excluding hydrogens is 293 g/mol. The molecule has 0 amide bonds. The van der Waals surface area contributed by atoms with Crippen molar-refractivity contribution >= 4 is 45.8 Å². The second-order valence-electron chi connectivity index (χ2n) is 4.66. The minimum Gasteiger partial charge on any atom is -0.458 e. The summed E-state index contributed by atoms with van der Waals surface area (Å²) in [6.45, 7) is 4.57. The molecular formula is C13H14Cl3NO. The van der Waals surface area contributed by atoms with E-state index in [2.05, 4.69) is 13.8 Å². The van der Waals surface area contributed by atoms with Crippen LogP contribution in [0.25, 0.3) is 11.0 Å². The maximum atomic E-state index is 6.27. The van der Waals surface area contributed by atoms with E-state index in [-0.39, 0.29) is 0 Å². The van der Waals surface area contributed by atoms with Gasteiger partial charge in [0.15, 0.2) is 5.58 Å². The number of hydrogen-bond acceptors (Lipinski definition) is 2. The fourth-order valence-corrected chi connectivity index (χ4v) is 2.82. The molecule has 0 unspecified atom stereocenters. The van der Waals surface area contributed by atoms with Crippen LogP contribution in [0.1, 0.15) is 25.2 Å². The summed E-state index contributed by atoms with van der Waals surface area (Å²) in [5, 5.41) is 2.17. The molecule has 0 aliphatic heterocycles. The van der Waals surface area contributed by atoms with Gasteiger partial charge < -0.3 is 10.2 Å². The smallest absolute Gasteiger partial charge is 0.154 e. The average Bonchev–Trinajstić information content (AvgIpc) is 2.65. The molecule has 0 bridgehead atoms. The third-order valence-corrected chi connectivity index (χ3v) is 3.86. The van der Waals surface area contributed by atoms with Crippen molar-refractivity contribution in [3.63, 3.8) is 0 Å². The maximum Gasteiger partial charge on any atom is 0.154 e. The Bertz CT molecular complexity index is 590. The van der Waals surface area contributed by atoms with Crippen LogP contribution in [0.3, 0.4) is 0 Å². The van der Waals surface area contributed by atoms with Crippen molar-refractivity contribution in [3.8, 4) is 0 Å². The van der Waals surface area contributed by atoms with E-state index in [4.69, 9.17) is 45.0 Å². The van der Waals surface area contributed by atoms with E-state index in [0.29, 0.717) is 33.1 Å². The molecule has 0 aliphatic rings. The lowest BCUT2D eigenvalue weighted by Crippen LogP contribution is -2.01. The van der Waals surface area contributed by atoms with Crippen molar-refractivity contribution in [2.45, 2.75) is 26.8 Å². The highest BCUT2D eigenvalue weighted by Gasteiger charge is 2.20. The molecule has 2 rings (SSSR count). The Morgan fingerprint density at radius 3 is 2.44 bits per heavy atom. The van der Waals surface area contributed by atoms with E-state index in [9.17, 15) is 0 Å². The van der Waals surface area contributed by atoms with E-state index < -0.39 is 0 Å². The van der Waals surface area contributed by atoms with E-state index in [1.165, 1.54) is 0 Å². The van der Waals surface area contributed by atoms with Gasteiger partial charge in [0.05, 0.1) is 21.6 Å². The van der Waals surface area contributed by atoms with E-state index in [1.807, 2.05) is 0 Å². The van der Waals surface area contributed by atoms with Gasteiger partial charge in [0, 0.05) is 10.9 Å². The standard InChI is InChI=1S/C13H14Cl3NO/c1-6(2)3-7-10(5-17)18-13-9(15)4-8(14)12(16)11(7)13/h4,6H,3,5,17H2,1-2H3. The van der Waals surface area contributed by atoms with Crippen molar-refractivity contribution in [1.82, 2.24) is 0 Å². The molecule has 5 heteroatoms. The van der Waals surface area contributed by atoms with Crippen LogP contribution in [0.5, 0.6) is 0 Å². The number of furan rings is 1. The zero-order valence-corrected chi connectivity index (χ0v) is 12.5. The second-order valence-corrected chi connectivity index (χ2v) is 5.86. The van der Waals surface area contributed by atoms with Crippen LogP contribution in [0.15, 0.2) is 10.5 Å². The molecule has 18 heavy (non-hydrogen) atoms. The van der Waals surface area contributed by atoms with Crippen LogP contribution in [-0.4, -0.2) is 0 Å². The summed E-state index contributed by atoms with van der Waals surface area (Å²) < 4.78 is 5.72. The molecule has 0 fully saturated rings. The first kappa shape index (κ1) is 14.0. The first-order chi connectivity index (χ1) is 8.45. The van der Waals surface area contributed by atoms with Gasteiger partial charge in [-0.05, 0) is 18.4 Å². The molecule has 2 aromatic rings. The van der Waals surface area contributed by atoms with Crippen LogP contribution in [0, 0.1) is 5.92 Å². The lowest BCUT2D eigenvalue weighted by atomic mass is 10.00. The van der Waals surface area contributed by atoms with Crippen LogP contribution < -0.4 is 5.73 Å². The predicted octanol–water partition coefficient (Wildman–Crippen LogP) is 5.05. The number of fused-ring (bicyclic) bond motifs is 1. The van der Waals surface area contributed by atoms with Crippen molar-refractivity contribution in [2.75, 3.05) is 0 Å². The van der Waals surface area contributed by atoms with Gasteiger partial charge in [-0.1, -0.05) is 48.7 Å². The zero-order chi connectivity index (χ0) is 13.4. The number of nitrogens with two attached hydrogens (primary N) is 1. The SMILES string of the molecule is CC(C)Cc1c(CN)oc2c(Cl)cc(Cl)c(Cl)c12. The third kappa shape index (κ3) is 2.35. The summed E-state index contributed by atoms with van der Waals surface area (Å²) in [5.41, 5.74) is 7.30. The molecule has 0 spiro atoms. The van der Waals surface area contributed by atoms with Gasteiger partial charge in [0.1, 0.15) is 5.76 Å². The molecule has 98 valence electrons. The largest absolute Gasteiger partial charge is 0.458 e. The van der Waals surface area contributed by atoms with E-state index in [0.717, 1.165) is 23.1 Å². The minimum absolute atomic E-state index is 0.320. The molecule has 1 aromatic carbocycles. The Hall–Kier alpha value is -0.410. The predicted molar refractivity (Wildman–Crippen MR) is 77.7 cm³/mol. The summed E-state index contributed by atoms with van der Waals surface area (Å²) in [6.07, 6.45) is 0.829. The monoisotopic (exact) mass is 305 g/mol. The fraction of sp³-hybridized carbons (Fsp3) is 0.385. The van der Waals surface area contributed by atoms with Crippen molar-refractivity contribution < 1.29 is 4.42 Å². The van der Waals surface area contributed by atoms with Gasteiger partial charge in [0.2, 0.25) is 0 Å². The van der Waals surface area contributed by atoms with Gasteiger partial charge in [-0.2, -0.15) is 0 Å². The van der Waals surface area contributed by atoms with Gasteiger partial charge in [-0.15, -0.1) is 0 Å². The second kappa shape index (κ2) is 5.30. The van der Waals surface area contributed by atoms with Gasteiger partial charge >= 0.3 is 0 Å². The first-order valence-electron chi connectivity index (χ1n) is 5.73. The topological polar surface area (TPSA) is 39.2 Å². The maximum absolute atomic E-state index is 6.27. The quantitative estimate of drug-likeness (QED) is 0.806. The van der Waals surface area contributed by atoms with Crippen LogP contribution in [0.2, 0.25) is 15.1 Å². The lowest BCUT2D eigenvalue weighted by molar-refractivity contribution is 0.536. The van der Waals surface area contributed by atoms with E-state index >= 15 is 0 Å².